The van der Waals surface area contributed by atoms with Crippen LogP contribution in [0.4, 0.5) is 0 Å². The van der Waals surface area contributed by atoms with Crippen LogP contribution in [0.5, 0.6) is 0 Å². The van der Waals surface area contributed by atoms with Crippen molar-refractivity contribution < 1.29 is 39.4 Å². The molecule has 2 bridgehead atoms. The minimum Gasteiger partial charge on any atom is -1.00 e. The van der Waals surface area contributed by atoms with E-state index in [1.54, 1.807) is 17.0 Å². The average molecular weight is 361 g/mol. The van der Waals surface area contributed by atoms with Gasteiger partial charge in [-0.25, -0.2) is 14.2 Å². The van der Waals surface area contributed by atoms with Gasteiger partial charge >= 0.3 is 0 Å². The Kier molecular flexibility index (Phi) is 4.73. The van der Waals surface area contributed by atoms with E-state index in [1.807, 2.05) is 18.2 Å². The molecule has 0 aromatic carbocycles. The summed E-state index contributed by atoms with van der Waals surface area (Å²) in [6, 6.07) is 5.54. The second-order valence-electron chi connectivity index (χ2n) is 5.76. The summed E-state index contributed by atoms with van der Waals surface area (Å²) >= 11 is 0. The van der Waals surface area contributed by atoms with E-state index < -0.39 is 10.1 Å². The number of halogens is 1. The van der Waals surface area contributed by atoms with Crippen molar-refractivity contribution in [3.05, 3.63) is 42.7 Å². The van der Waals surface area contributed by atoms with Gasteiger partial charge in [0, 0.05) is 24.0 Å². The van der Waals surface area contributed by atoms with Crippen molar-refractivity contribution >= 4 is 10.1 Å². The van der Waals surface area contributed by atoms with Crippen molar-refractivity contribution in [2.45, 2.75) is 25.2 Å². The monoisotopic (exact) mass is 360 g/mol. The Labute approximate surface area is 140 Å². The van der Waals surface area contributed by atoms with Gasteiger partial charge in [0.1, 0.15) is 18.0 Å². The first kappa shape index (κ1) is 16.8. The van der Waals surface area contributed by atoms with Crippen LogP contribution in [-0.4, -0.2) is 31.8 Å². The number of fused-ring (bicyclic) bond motifs is 5. The Morgan fingerprint density at radius 2 is 1.70 bits per heavy atom. The van der Waals surface area contributed by atoms with Gasteiger partial charge in [-0.1, -0.05) is 18.2 Å². The highest BCUT2D eigenvalue weighted by molar-refractivity contribution is 7.86. The first-order valence-electron chi connectivity index (χ1n) is 7.29. The number of hydrogen-bond acceptors (Lipinski definition) is 6. The summed E-state index contributed by atoms with van der Waals surface area (Å²) < 4.78 is 30.7. The van der Waals surface area contributed by atoms with Crippen molar-refractivity contribution in [2.24, 2.45) is 11.8 Å². The van der Waals surface area contributed by atoms with Crippen LogP contribution >= 0.6 is 0 Å². The molecule has 9 heteroatoms. The molecule has 23 heavy (non-hydrogen) atoms. The number of nitrogens with zero attached hydrogens (tertiary/aromatic N) is 2. The molecule has 1 saturated carbocycles. The summed E-state index contributed by atoms with van der Waals surface area (Å²) in [6.45, 7) is 0.302. The van der Waals surface area contributed by atoms with Gasteiger partial charge in [0.05, 0.1) is 5.39 Å². The fourth-order valence-corrected chi connectivity index (χ4v) is 3.96. The van der Waals surface area contributed by atoms with Crippen LogP contribution in [0.15, 0.2) is 42.7 Å². The maximum Gasteiger partial charge on any atom is 0.293 e. The van der Waals surface area contributed by atoms with Gasteiger partial charge in [-0.05, 0) is 6.42 Å². The average Bonchev–Trinajstić information content (AvgIpc) is 3.18. The molecule has 3 aliphatic rings. The van der Waals surface area contributed by atoms with Crippen LogP contribution in [0.25, 0.3) is 0 Å². The predicted molar refractivity (Wildman–Crippen MR) is 73.8 cm³/mol. The van der Waals surface area contributed by atoms with Crippen LogP contribution in [0.3, 0.4) is 0 Å². The molecule has 0 amide bonds. The lowest BCUT2D eigenvalue weighted by atomic mass is 10.0. The van der Waals surface area contributed by atoms with Crippen LogP contribution in [-0.2, 0) is 30.6 Å². The molecule has 0 spiro atoms. The summed E-state index contributed by atoms with van der Waals surface area (Å²) in [5, 5.41) is 0.673. The molecule has 1 saturated heterocycles. The van der Waals surface area contributed by atoms with Gasteiger partial charge in [0.25, 0.3) is 10.1 Å². The Balaban J connectivity index is 0.00000156. The zero-order chi connectivity index (χ0) is 15.2. The normalized spacial score (nSPS) is 32.0. The summed E-state index contributed by atoms with van der Waals surface area (Å²) in [4.78, 5) is 10.9. The highest BCUT2D eigenvalue weighted by Gasteiger charge is 2.53. The fraction of sp³-hybridized carbons (Fsp3) is 0.500. The van der Waals surface area contributed by atoms with Crippen LogP contribution in [0.1, 0.15) is 6.42 Å². The second kappa shape index (κ2) is 6.46. The van der Waals surface area contributed by atoms with Gasteiger partial charge < -0.3 is 12.4 Å². The summed E-state index contributed by atoms with van der Waals surface area (Å²) in [5.41, 5.74) is 0. The van der Waals surface area contributed by atoms with E-state index in [-0.39, 0.29) is 42.2 Å². The van der Waals surface area contributed by atoms with E-state index in [2.05, 4.69) is 12.2 Å². The molecule has 1 aromatic rings. The molecule has 4 unspecified atom stereocenters. The van der Waals surface area contributed by atoms with Crippen LogP contribution < -0.4 is 17.0 Å². The lowest BCUT2D eigenvalue weighted by Gasteiger charge is -2.14. The van der Waals surface area contributed by atoms with Crippen molar-refractivity contribution in [1.82, 2.24) is 5.39 Å². The molecular formula is C14H17ClN2O5S. The van der Waals surface area contributed by atoms with Crippen molar-refractivity contribution in [3.8, 4) is 0 Å². The Morgan fingerprint density at radius 1 is 1.09 bits per heavy atom. The standard InChI is InChI=1S/C14H17N2O5S.ClH/c17-22(18,9-8-15-6-2-1-3-7-15)21-16-19-13-11-4-5-12(10-11)14(13)20-16;/h1-7,11-14H,8-10H2;1H/q+1;/p-1. The Morgan fingerprint density at radius 3 is 2.30 bits per heavy atom. The summed E-state index contributed by atoms with van der Waals surface area (Å²) in [5.74, 6) is 0.406. The van der Waals surface area contributed by atoms with Crippen molar-refractivity contribution in [3.63, 3.8) is 0 Å². The molecule has 0 N–H and O–H groups in total. The smallest absolute Gasteiger partial charge is 0.293 e. The molecule has 4 rings (SSSR count). The third-order valence-electron chi connectivity index (χ3n) is 4.28. The first-order chi connectivity index (χ1) is 10.6. The molecule has 2 aliphatic carbocycles. The van der Waals surface area contributed by atoms with E-state index in [9.17, 15) is 8.42 Å². The third-order valence-corrected chi connectivity index (χ3v) is 5.32. The topological polar surface area (TPSA) is 69.0 Å². The van der Waals surface area contributed by atoms with Crippen LogP contribution in [0.2, 0.25) is 0 Å². The lowest BCUT2D eigenvalue weighted by Crippen LogP contribution is -3.00. The highest BCUT2D eigenvalue weighted by atomic mass is 35.5. The molecule has 2 heterocycles. The molecule has 2 fully saturated rings. The van der Waals surface area contributed by atoms with Gasteiger partial charge in [-0.2, -0.15) is 8.42 Å². The Bertz CT molecular complexity index is 664. The number of aromatic nitrogens is 1. The largest absolute Gasteiger partial charge is 1.00 e. The van der Waals surface area contributed by atoms with E-state index in [0.29, 0.717) is 11.9 Å². The zero-order valence-corrected chi connectivity index (χ0v) is 13.8. The molecule has 1 aromatic heterocycles. The Hall–Kier alpha value is -1.03. The van der Waals surface area contributed by atoms with Crippen LogP contribution in [0, 0.1) is 11.8 Å². The van der Waals surface area contributed by atoms with E-state index >= 15 is 0 Å². The van der Waals surface area contributed by atoms with E-state index in [1.165, 1.54) is 0 Å². The number of pyridine rings is 1. The van der Waals surface area contributed by atoms with E-state index in [4.69, 9.17) is 14.0 Å². The predicted octanol–water partition coefficient (Wildman–Crippen LogP) is -2.64. The molecular weight excluding hydrogens is 344 g/mol. The number of hydrogen-bond donors (Lipinski definition) is 0. The third kappa shape index (κ3) is 3.42. The quantitative estimate of drug-likeness (QED) is 0.422. The molecule has 7 nitrogen and oxygen atoms in total. The fourth-order valence-electron chi connectivity index (χ4n) is 3.20. The lowest BCUT2D eigenvalue weighted by molar-refractivity contribution is -0.692. The van der Waals surface area contributed by atoms with Crippen molar-refractivity contribution in [2.75, 3.05) is 5.75 Å². The number of aryl methyl sites for hydroxylation is 1. The first-order valence-corrected chi connectivity index (χ1v) is 8.87. The SMILES string of the molecule is O=S(=O)(CC[n+]1ccccc1)ON1OC2C3C=CC(C3)C2O1.[Cl-]. The van der Waals surface area contributed by atoms with E-state index in [0.717, 1.165) is 6.42 Å². The maximum atomic E-state index is 12.0. The van der Waals surface area contributed by atoms with Gasteiger partial charge in [0.15, 0.2) is 18.9 Å². The highest BCUT2D eigenvalue weighted by Crippen LogP contribution is 2.46. The molecule has 126 valence electrons. The zero-order valence-electron chi connectivity index (χ0n) is 12.2. The van der Waals surface area contributed by atoms with Gasteiger partial charge in [0.2, 0.25) is 0 Å². The molecule has 1 aliphatic heterocycles. The number of rotatable bonds is 5. The minimum atomic E-state index is -3.77. The maximum absolute atomic E-state index is 12.0. The summed E-state index contributed by atoms with van der Waals surface area (Å²) in [6.07, 6.45) is 8.50. The van der Waals surface area contributed by atoms with Gasteiger partial charge in [-0.3, -0.25) is 0 Å². The molecule has 4 atom stereocenters. The molecule has 0 radical (unpaired) electrons. The summed E-state index contributed by atoms with van der Waals surface area (Å²) in [7, 11) is -3.77. The minimum absolute atomic E-state index is 0. The van der Waals surface area contributed by atoms with Crippen molar-refractivity contribution in [1.29, 1.82) is 0 Å². The van der Waals surface area contributed by atoms with Gasteiger partial charge in [-0.15, -0.1) is 4.28 Å². The second-order valence-corrected chi connectivity index (χ2v) is 7.43.